The lowest BCUT2D eigenvalue weighted by atomic mass is 9.64. The molecule has 0 aliphatic carbocycles. The lowest BCUT2D eigenvalue weighted by Gasteiger charge is -2.52. The largest absolute Gasteiger partial charge is 0.348 e. The Balaban J connectivity index is 1.54. The van der Waals surface area contributed by atoms with Crippen molar-refractivity contribution in [1.29, 1.82) is 0 Å². The van der Waals surface area contributed by atoms with Crippen LogP contribution < -0.4 is 10.2 Å². The lowest BCUT2D eigenvalue weighted by molar-refractivity contribution is -0.148. The van der Waals surface area contributed by atoms with Crippen LogP contribution >= 0.6 is 11.3 Å². The van der Waals surface area contributed by atoms with Gasteiger partial charge in [-0.1, -0.05) is 41.7 Å². The predicted octanol–water partition coefficient (Wildman–Crippen LogP) is 2.00. The van der Waals surface area contributed by atoms with E-state index in [4.69, 9.17) is 0 Å². The number of carbonyl (C=O) groups excluding carboxylic acids is 1. The molecule has 5 nitrogen and oxygen atoms in total. The zero-order valence-corrected chi connectivity index (χ0v) is 12.3. The van der Waals surface area contributed by atoms with Gasteiger partial charge < -0.3 is 10.2 Å². The predicted molar refractivity (Wildman–Crippen MR) is 81.1 cm³/mol. The SMILES string of the molecule is O=C1NC(c2ccccc2)C12CCN(c1nncs1)CC2. The molecule has 1 amide bonds. The molecule has 1 atom stereocenters. The Bertz CT molecular complexity index is 635. The van der Waals surface area contributed by atoms with Gasteiger partial charge in [0.2, 0.25) is 11.0 Å². The van der Waals surface area contributed by atoms with Crippen LogP contribution in [0.1, 0.15) is 24.4 Å². The monoisotopic (exact) mass is 300 g/mol. The van der Waals surface area contributed by atoms with E-state index in [1.165, 1.54) is 5.56 Å². The first-order valence-electron chi connectivity index (χ1n) is 7.17. The fourth-order valence-corrected chi connectivity index (χ4v) is 4.05. The quantitative estimate of drug-likeness (QED) is 0.862. The van der Waals surface area contributed by atoms with Crippen molar-refractivity contribution in [3.63, 3.8) is 0 Å². The summed E-state index contributed by atoms with van der Waals surface area (Å²) in [6, 6.07) is 10.4. The maximum absolute atomic E-state index is 12.2. The van der Waals surface area contributed by atoms with Gasteiger partial charge in [-0.25, -0.2) is 0 Å². The van der Waals surface area contributed by atoms with Crippen molar-refractivity contribution < 1.29 is 4.79 Å². The minimum Gasteiger partial charge on any atom is -0.348 e. The van der Waals surface area contributed by atoms with Crippen LogP contribution in [-0.4, -0.2) is 29.2 Å². The molecule has 1 spiro atoms. The maximum atomic E-state index is 12.2. The van der Waals surface area contributed by atoms with Crippen LogP contribution in [0, 0.1) is 5.41 Å². The Kier molecular flexibility index (Phi) is 2.92. The van der Waals surface area contributed by atoms with Gasteiger partial charge in [-0.3, -0.25) is 4.79 Å². The van der Waals surface area contributed by atoms with Crippen LogP contribution in [0.25, 0.3) is 0 Å². The fourth-order valence-electron chi connectivity index (χ4n) is 3.43. The third-order valence-electron chi connectivity index (χ3n) is 4.69. The summed E-state index contributed by atoms with van der Waals surface area (Å²) in [5.74, 6) is 0.202. The van der Waals surface area contributed by atoms with E-state index in [9.17, 15) is 4.79 Å². The Morgan fingerprint density at radius 1 is 1.24 bits per heavy atom. The number of aromatic nitrogens is 2. The van der Waals surface area contributed by atoms with Crippen LogP contribution in [0.3, 0.4) is 0 Å². The third kappa shape index (κ3) is 1.93. The molecule has 1 aromatic carbocycles. The van der Waals surface area contributed by atoms with Crippen molar-refractivity contribution in [3.8, 4) is 0 Å². The van der Waals surface area contributed by atoms with Gasteiger partial charge in [0.05, 0.1) is 11.5 Å². The zero-order valence-electron chi connectivity index (χ0n) is 11.5. The molecule has 21 heavy (non-hydrogen) atoms. The first-order chi connectivity index (χ1) is 10.3. The van der Waals surface area contributed by atoms with Crippen LogP contribution in [0.2, 0.25) is 0 Å². The molecule has 0 saturated carbocycles. The second-order valence-electron chi connectivity index (χ2n) is 5.68. The number of rotatable bonds is 2. The topological polar surface area (TPSA) is 58.1 Å². The minimum absolute atomic E-state index is 0.155. The number of anilines is 1. The number of piperidine rings is 1. The minimum atomic E-state index is -0.234. The number of amides is 1. The molecular formula is C15H16N4OS. The number of benzene rings is 1. The van der Waals surface area contributed by atoms with Gasteiger partial charge in [0.25, 0.3) is 0 Å². The number of β-lactam (4-membered cyclic amide) rings is 1. The van der Waals surface area contributed by atoms with E-state index in [2.05, 4.69) is 32.5 Å². The second kappa shape index (κ2) is 4.80. The molecule has 2 aliphatic heterocycles. The van der Waals surface area contributed by atoms with Crippen LogP contribution in [0.5, 0.6) is 0 Å². The molecule has 2 aromatic rings. The van der Waals surface area contributed by atoms with Gasteiger partial charge in [-0.05, 0) is 18.4 Å². The van der Waals surface area contributed by atoms with Crippen molar-refractivity contribution in [3.05, 3.63) is 41.4 Å². The number of carbonyl (C=O) groups is 1. The molecule has 2 aliphatic rings. The second-order valence-corrected chi connectivity index (χ2v) is 6.49. The average molecular weight is 300 g/mol. The van der Waals surface area contributed by atoms with E-state index < -0.39 is 0 Å². The van der Waals surface area contributed by atoms with Crippen molar-refractivity contribution in [1.82, 2.24) is 15.5 Å². The summed E-state index contributed by atoms with van der Waals surface area (Å²) in [7, 11) is 0. The van der Waals surface area contributed by atoms with E-state index in [1.807, 2.05) is 18.2 Å². The van der Waals surface area contributed by atoms with Crippen LogP contribution in [-0.2, 0) is 4.79 Å². The summed E-state index contributed by atoms with van der Waals surface area (Å²) in [4.78, 5) is 14.5. The lowest BCUT2D eigenvalue weighted by Crippen LogP contribution is -2.64. The Labute approximate surface area is 127 Å². The molecule has 108 valence electrons. The highest BCUT2D eigenvalue weighted by molar-refractivity contribution is 7.13. The van der Waals surface area contributed by atoms with Gasteiger partial charge in [-0.15, -0.1) is 10.2 Å². The molecule has 3 heterocycles. The summed E-state index contributed by atoms with van der Waals surface area (Å²) in [5.41, 5.74) is 2.73. The van der Waals surface area contributed by atoms with Gasteiger partial charge in [0, 0.05) is 13.1 Å². The first-order valence-corrected chi connectivity index (χ1v) is 8.05. The third-order valence-corrected chi connectivity index (χ3v) is 5.44. The zero-order chi connectivity index (χ0) is 14.3. The molecular weight excluding hydrogens is 284 g/mol. The van der Waals surface area contributed by atoms with Gasteiger partial charge >= 0.3 is 0 Å². The standard InChI is InChI=1S/C15H16N4OS/c20-13-15(12(17-13)11-4-2-1-3-5-11)6-8-19(9-7-15)14-18-16-10-21-14/h1-5,10,12H,6-9H2,(H,17,20). The number of nitrogens with zero attached hydrogens (tertiary/aromatic N) is 3. The van der Waals surface area contributed by atoms with E-state index in [1.54, 1.807) is 16.8 Å². The Hall–Kier alpha value is -1.95. The molecule has 4 rings (SSSR count). The highest BCUT2D eigenvalue weighted by Gasteiger charge is 2.56. The highest BCUT2D eigenvalue weighted by atomic mass is 32.1. The molecule has 0 bridgehead atoms. The van der Waals surface area contributed by atoms with Crippen molar-refractivity contribution in [2.24, 2.45) is 5.41 Å². The van der Waals surface area contributed by atoms with Crippen molar-refractivity contribution in [2.45, 2.75) is 18.9 Å². The normalized spacial score (nSPS) is 23.7. The summed E-state index contributed by atoms with van der Waals surface area (Å²) in [5, 5.41) is 12.1. The van der Waals surface area contributed by atoms with Gasteiger partial charge in [0.1, 0.15) is 5.51 Å². The van der Waals surface area contributed by atoms with Crippen LogP contribution in [0.15, 0.2) is 35.8 Å². The van der Waals surface area contributed by atoms with Crippen molar-refractivity contribution >= 4 is 22.4 Å². The summed E-state index contributed by atoms with van der Waals surface area (Å²) in [6.45, 7) is 1.73. The molecule has 1 N–H and O–H groups in total. The molecule has 6 heteroatoms. The highest BCUT2D eigenvalue weighted by Crippen LogP contribution is 2.50. The Morgan fingerprint density at radius 2 is 2.00 bits per heavy atom. The fraction of sp³-hybridized carbons (Fsp3) is 0.400. The van der Waals surface area contributed by atoms with E-state index in [-0.39, 0.29) is 17.4 Å². The first kappa shape index (κ1) is 12.8. The van der Waals surface area contributed by atoms with E-state index in [0.29, 0.717) is 0 Å². The summed E-state index contributed by atoms with van der Waals surface area (Å²) < 4.78 is 0. The van der Waals surface area contributed by atoms with Gasteiger partial charge in [-0.2, -0.15) is 0 Å². The number of hydrogen-bond acceptors (Lipinski definition) is 5. The molecule has 1 aromatic heterocycles. The maximum Gasteiger partial charge on any atom is 0.229 e. The Morgan fingerprint density at radius 3 is 2.62 bits per heavy atom. The molecule has 1 unspecified atom stereocenters. The molecule has 0 radical (unpaired) electrons. The summed E-state index contributed by atoms with van der Waals surface area (Å²) in [6.07, 6.45) is 1.75. The smallest absolute Gasteiger partial charge is 0.229 e. The van der Waals surface area contributed by atoms with E-state index >= 15 is 0 Å². The van der Waals surface area contributed by atoms with Crippen LogP contribution in [0.4, 0.5) is 5.13 Å². The average Bonchev–Trinajstić information content (AvgIpc) is 3.08. The summed E-state index contributed by atoms with van der Waals surface area (Å²) >= 11 is 1.56. The molecule has 2 fully saturated rings. The van der Waals surface area contributed by atoms with E-state index in [0.717, 1.165) is 31.1 Å². The number of nitrogens with one attached hydrogen (secondary N) is 1. The number of hydrogen-bond donors (Lipinski definition) is 1. The van der Waals surface area contributed by atoms with Crippen molar-refractivity contribution in [2.75, 3.05) is 18.0 Å². The molecule has 2 saturated heterocycles. The van der Waals surface area contributed by atoms with Gasteiger partial charge in [0.15, 0.2) is 0 Å².